The molecule has 2 rings (SSSR count). The Balaban J connectivity index is 2.16. The molecule has 4 N–H and O–H groups in total. The van der Waals surface area contributed by atoms with Crippen LogP contribution < -0.4 is 16.2 Å². The number of benzene rings is 1. The van der Waals surface area contributed by atoms with Crippen LogP contribution in [0, 0.1) is 0 Å². The summed E-state index contributed by atoms with van der Waals surface area (Å²) < 4.78 is 9.59. The van der Waals surface area contributed by atoms with E-state index in [9.17, 15) is 0 Å². The second-order valence-corrected chi connectivity index (χ2v) is 4.66. The summed E-state index contributed by atoms with van der Waals surface area (Å²) in [5.74, 6) is 1.60. The smallest absolute Gasteiger partial charge is 0.147 e. The van der Waals surface area contributed by atoms with Gasteiger partial charge < -0.3 is 16.2 Å². The van der Waals surface area contributed by atoms with E-state index in [1.165, 1.54) is 11.5 Å². The third kappa shape index (κ3) is 2.84. The Bertz CT molecular complexity index is 514. The summed E-state index contributed by atoms with van der Waals surface area (Å²) in [5.41, 5.74) is 12.4. The summed E-state index contributed by atoms with van der Waals surface area (Å²) in [4.78, 5) is 4.40. The van der Waals surface area contributed by atoms with Gasteiger partial charge in [0.1, 0.15) is 16.6 Å². The normalized spacial score (nSPS) is 12.4. The van der Waals surface area contributed by atoms with Gasteiger partial charge in [0.05, 0.1) is 13.2 Å². The molecule has 1 atom stereocenters. The fraction of sp³-hybridized carbons (Fsp3) is 0.333. The van der Waals surface area contributed by atoms with Crippen LogP contribution in [0.4, 0.5) is 0 Å². The highest BCUT2D eigenvalue weighted by Crippen LogP contribution is 2.21. The van der Waals surface area contributed by atoms with Crippen molar-refractivity contribution >= 4 is 11.5 Å². The van der Waals surface area contributed by atoms with Crippen LogP contribution in [-0.4, -0.2) is 23.0 Å². The van der Waals surface area contributed by atoms with E-state index in [4.69, 9.17) is 16.2 Å². The Morgan fingerprint density at radius 1 is 1.39 bits per heavy atom. The van der Waals surface area contributed by atoms with Crippen molar-refractivity contribution in [3.63, 3.8) is 0 Å². The maximum atomic E-state index is 5.82. The lowest BCUT2D eigenvalue weighted by atomic mass is 10.1. The van der Waals surface area contributed by atoms with Crippen LogP contribution in [-0.2, 0) is 6.42 Å². The van der Waals surface area contributed by atoms with Crippen LogP contribution in [0.25, 0.3) is 0 Å². The number of nitrogens with zero attached hydrogens (tertiary/aromatic N) is 2. The monoisotopic (exact) mass is 264 g/mol. The fourth-order valence-electron chi connectivity index (χ4n) is 1.61. The standard InChI is InChI=1S/C12H16N4OS/c1-17-10-5-3-2-4-8(10)6-11-15-12(18-16-11)9(14)7-13/h2-5,9H,6-7,13-14H2,1H3. The highest BCUT2D eigenvalue weighted by Gasteiger charge is 2.12. The first kappa shape index (κ1) is 12.9. The van der Waals surface area contributed by atoms with Crippen LogP contribution in [0.2, 0.25) is 0 Å². The molecule has 18 heavy (non-hydrogen) atoms. The first-order chi connectivity index (χ1) is 8.74. The van der Waals surface area contributed by atoms with E-state index in [1.54, 1.807) is 7.11 Å². The summed E-state index contributed by atoms with van der Waals surface area (Å²) in [6.45, 7) is 0.378. The van der Waals surface area contributed by atoms with Crippen LogP contribution >= 0.6 is 11.5 Å². The van der Waals surface area contributed by atoms with Crippen molar-refractivity contribution in [1.82, 2.24) is 9.36 Å². The van der Waals surface area contributed by atoms with E-state index in [2.05, 4.69) is 9.36 Å². The first-order valence-corrected chi connectivity index (χ1v) is 6.42. The number of aromatic nitrogens is 2. The lowest BCUT2D eigenvalue weighted by Crippen LogP contribution is -2.20. The predicted molar refractivity (Wildman–Crippen MR) is 71.7 cm³/mol. The van der Waals surface area contributed by atoms with Gasteiger partial charge in [-0.2, -0.15) is 4.37 Å². The van der Waals surface area contributed by atoms with Crippen LogP contribution in [0.3, 0.4) is 0 Å². The number of rotatable bonds is 5. The van der Waals surface area contributed by atoms with E-state index in [0.717, 1.165) is 22.1 Å². The van der Waals surface area contributed by atoms with Gasteiger partial charge in [-0.25, -0.2) is 4.98 Å². The van der Waals surface area contributed by atoms with Gasteiger partial charge >= 0.3 is 0 Å². The van der Waals surface area contributed by atoms with Crippen molar-refractivity contribution < 1.29 is 4.74 Å². The first-order valence-electron chi connectivity index (χ1n) is 5.64. The zero-order valence-corrected chi connectivity index (χ0v) is 11.0. The molecule has 0 fully saturated rings. The number of hydrogen-bond acceptors (Lipinski definition) is 6. The van der Waals surface area contributed by atoms with E-state index in [0.29, 0.717) is 13.0 Å². The van der Waals surface area contributed by atoms with E-state index < -0.39 is 0 Å². The van der Waals surface area contributed by atoms with Gasteiger partial charge in [0.15, 0.2) is 0 Å². The zero-order chi connectivity index (χ0) is 13.0. The molecule has 6 heteroatoms. The second kappa shape index (κ2) is 5.90. The van der Waals surface area contributed by atoms with Crippen LogP contribution in [0.1, 0.15) is 22.4 Å². The molecule has 0 aliphatic heterocycles. The number of nitrogens with two attached hydrogens (primary N) is 2. The molecule has 0 saturated heterocycles. The van der Waals surface area contributed by atoms with Gasteiger partial charge in [0.2, 0.25) is 0 Å². The van der Waals surface area contributed by atoms with Gasteiger partial charge in [0, 0.05) is 18.5 Å². The Hall–Kier alpha value is -1.50. The average molecular weight is 264 g/mol. The molecule has 0 radical (unpaired) electrons. The molecule has 1 aromatic heterocycles. The van der Waals surface area contributed by atoms with Gasteiger partial charge in [0.25, 0.3) is 0 Å². The molecular formula is C12H16N4OS. The summed E-state index contributed by atoms with van der Waals surface area (Å²) in [6.07, 6.45) is 0.637. The topological polar surface area (TPSA) is 87.0 Å². The molecule has 5 nitrogen and oxygen atoms in total. The molecule has 1 heterocycles. The lowest BCUT2D eigenvalue weighted by Gasteiger charge is -2.05. The highest BCUT2D eigenvalue weighted by molar-refractivity contribution is 7.05. The Kier molecular flexibility index (Phi) is 4.24. The predicted octanol–water partition coefficient (Wildman–Crippen LogP) is 1.10. The molecule has 0 aliphatic carbocycles. The van der Waals surface area contributed by atoms with E-state index in [-0.39, 0.29) is 6.04 Å². The van der Waals surface area contributed by atoms with Crippen molar-refractivity contribution in [1.29, 1.82) is 0 Å². The van der Waals surface area contributed by atoms with Gasteiger partial charge in [-0.15, -0.1) is 0 Å². The molecule has 96 valence electrons. The molecule has 2 aromatic rings. The summed E-state index contributed by atoms with van der Waals surface area (Å²) in [5, 5.41) is 0.780. The third-order valence-corrected chi connectivity index (χ3v) is 3.48. The zero-order valence-electron chi connectivity index (χ0n) is 10.2. The summed E-state index contributed by atoms with van der Waals surface area (Å²) >= 11 is 1.31. The largest absolute Gasteiger partial charge is 0.496 e. The van der Waals surface area contributed by atoms with Crippen molar-refractivity contribution in [2.75, 3.05) is 13.7 Å². The maximum Gasteiger partial charge on any atom is 0.147 e. The number of para-hydroxylation sites is 1. The maximum absolute atomic E-state index is 5.82. The molecular weight excluding hydrogens is 248 g/mol. The minimum Gasteiger partial charge on any atom is -0.496 e. The molecule has 1 aromatic carbocycles. The number of methoxy groups -OCH3 is 1. The van der Waals surface area contributed by atoms with Gasteiger partial charge in [-0.1, -0.05) is 18.2 Å². The summed E-state index contributed by atoms with van der Waals surface area (Å²) in [7, 11) is 1.66. The number of ether oxygens (including phenoxy) is 1. The van der Waals surface area contributed by atoms with Crippen molar-refractivity contribution in [2.45, 2.75) is 12.5 Å². The van der Waals surface area contributed by atoms with Crippen LogP contribution in [0.5, 0.6) is 5.75 Å². The minimum absolute atomic E-state index is 0.228. The quantitative estimate of drug-likeness (QED) is 0.844. The lowest BCUT2D eigenvalue weighted by molar-refractivity contribution is 0.410. The molecule has 0 spiro atoms. The van der Waals surface area contributed by atoms with Gasteiger partial charge in [-0.3, -0.25) is 0 Å². The molecule has 1 unspecified atom stereocenters. The highest BCUT2D eigenvalue weighted by atomic mass is 32.1. The Morgan fingerprint density at radius 3 is 2.89 bits per heavy atom. The van der Waals surface area contributed by atoms with Crippen molar-refractivity contribution in [2.24, 2.45) is 11.5 Å². The Morgan fingerprint density at radius 2 is 2.17 bits per heavy atom. The fourth-order valence-corrected chi connectivity index (χ4v) is 2.29. The second-order valence-electron chi connectivity index (χ2n) is 3.88. The molecule has 0 aliphatic rings. The molecule has 0 saturated carbocycles. The van der Waals surface area contributed by atoms with E-state index in [1.807, 2.05) is 24.3 Å². The third-order valence-electron chi connectivity index (χ3n) is 2.60. The number of hydrogen-bond donors (Lipinski definition) is 2. The average Bonchev–Trinajstić information content (AvgIpc) is 2.87. The molecule has 0 amide bonds. The van der Waals surface area contributed by atoms with Crippen molar-refractivity contribution in [3.05, 3.63) is 40.7 Å². The Labute approximate surface area is 110 Å². The summed E-state index contributed by atoms with van der Waals surface area (Å²) in [6, 6.07) is 7.61. The SMILES string of the molecule is COc1ccccc1Cc1nsc(C(N)CN)n1. The van der Waals surface area contributed by atoms with E-state index >= 15 is 0 Å². The molecule has 0 bridgehead atoms. The van der Waals surface area contributed by atoms with Crippen molar-refractivity contribution in [3.8, 4) is 5.75 Å². The minimum atomic E-state index is -0.228. The van der Waals surface area contributed by atoms with Gasteiger partial charge in [-0.05, 0) is 17.6 Å². The van der Waals surface area contributed by atoms with Crippen LogP contribution in [0.15, 0.2) is 24.3 Å².